The second kappa shape index (κ2) is 6.61. The van der Waals surface area contributed by atoms with Crippen LogP contribution in [0.4, 0.5) is 0 Å². The lowest BCUT2D eigenvalue weighted by atomic mass is 10.1. The minimum absolute atomic E-state index is 0.748. The maximum atomic E-state index is 4.59. The number of nitrogens with one attached hydrogen (secondary N) is 2. The van der Waals surface area contributed by atoms with Crippen LogP contribution in [0.5, 0.6) is 0 Å². The lowest BCUT2D eigenvalue weighted by Gasteiger charge is -2.04. The van der Waals surface area contributed by atoms with E-state index in [0.717, 1.165) is 50.5 Å². The van der Waals surface area contributed by atoms with Crippen molar-refractivity contribution in [2.75, 3.05) is 0 Å². The van der Waals surface area contributed by atoms with Gasteiger partial charge in [-0.1, -0.05) is 0 Å². The molecule has 6 heterocycles. The smallest absolute Gasteiger partial charge is 0.155 e. The normalized spacial score (nSPS) is 11.7. The van der Waals surface area contributed by atoms with E-state index >= 15 is 0 Å². The Kier molecular flexibility index (Phi) is 3.85. The zero-order valence-electron chi connectivity index (χ0n) is 17.3. The molecular formula is C23H19N7S. The van der Waals surface area contributed by atoms with E-state index in [1.807, 2.05) is 32.6 Å². The summed E-state index contributed by atoms with van der Waals surface area (Å²) in [7, 11) is 2.01. The molecule has 152 valence electrons. The molecule has 6 aromatic rings. The van der Waals surface area contributed by atoms with Gasteiger partial charge in [-0.25, -0.2) is 15.0 Å². The molecule has 0 radical (unpaired) electrons. The van der Waals surface area contributed by atoms with Crippen LogP contribution in [-0.4, -0.2) is 34.7 Å². The van der Waals surface area contributed by atoms with Crippen molar-refractivity contribution in [3.63, 3.8) is 0 Å². The molecule has 0 saturated carbocycles. The van der Waals surface area contributed by atoms with Gasteiger partial charge < -0.3 is 9.55 Å². The summed E-state index contributed by atoms with van der Waals surface area (Å²) in [5.41, 5.74) is 6.54. The SMILES string of the molecule is Cc1ccc(-c2ccnc3[nH]c(-c4n[nH]c5ncc(-c6cnc(C)n6C)cc45)cc23)s1. The first kappa shape index (κ1) is 18.0. The van der Waals surface area contributed by atoms with Gasteiger partial charge >= 0.3 is 0 Å². The summed E-state index contributed by atoms with van der Waals surface area (Å²) in [6.07, 6.45) is 5.57. The van der Waals surface area contributed by atoms with E-state index in [-0.39, 0.29) is 0 Å². The number of hydrogen-bond acceptors (Lipinski definition) is 5. The third kappa shape index (κ3) is 2.79. The summed E-state index contributed by atoms with van der Waals surface area (Å²) < 4.78 is 2.06. The van der Waals surface area contributed by atoms with Gasteiger partial charge in [0.25, 0.3) is 0 Å². The summed E-state index contributed by atoms with van der Waals surface area (Å²) in [6, 6.07) is 10.6. The molecule has 0 aliphatic carbocycles. The van der Waals surface area contributed by atoms with E-state index in [4.69, 9.17) is 0 Å². The average molecular weight is 426 g/mol. The first-order valence-corrected chi connectivity index (χ1v) is 10.8. The van der Waals surface area contributed by atoms with Gasteiger partial charge in [-0.3, -0.25) is 5.10 Å². The second-order valence-electron chi connectivity index (χ2n) is 7.66. The lowest BCUT2D eigenvalue weighted by molar-refractivity contribution is 0.865. The van der Waals surface area contributed by atoms with Crippen LogP contribution in [0, 0.1) is 13.8 Å². The first-order chi connectivity index (χ1) is 15.1. The molecule has 0 aromatic carbocycles. The lowest BCUT2D eigenvalue weighted by Crippen LogP contribution is -1.94. The first-order valence-electron chi connectivity index (χ1n) is 9.96. The van der Waals surface area contributed by atoms with Crippen LogP contribution in [-0.2, 0) is 7.05 Å². The fraction of sp³-hybridized carbons (Fsp3) is 0.130. The van der Waals surface area contributed by atoms with Crippen molar-refractivity contribution >= 4 is 33.4 Å². The monoisotopic (exact) mass is 425 g/mol. The van der Waals surface area contributed by atoms with Crippen molar-refractivity contribution in [2.45, 2.75) is 13.8 Å². The number of fused-ring (bicyclic) bond motifs is 2. The highest BCUT2D eigenvalue weighted by atomic mass is 32.1. The average Bonchev–Trinajstić information content (AvgIpc) is 3.54. The standard InChI is InChI=1S/C23H19N7S/c1-12-4-5-20(31-12)15-6-7-24-22-16(15)9-18(27-22)21-17-8-14(10-26-23(17)29-28-21)19-11-25-13(2)30(19)3/h4-11H,1-3H3,(H,24,27)(H,26,28,29). The van der Waals surface area contributed by atoms with Crippen molar-refractivity contribution in [2.24, 2.45) is 7.05 Å². The van der Waals surface area contributed by atoms with Crippen LogP contribution >= 0.6 is 11.3 Å². The van der Waals surface area contributed by atoms with Gasteiger partial charge in [-0.2, -0.15) is 5.10 Å². The van der Waals surface area contributed by atoms with E-state index in [2.05, 4.69) is 72.0 Å². The Morgan fingerprint density at radius 3 is 2.61 bits per heavy atom. The molecule has 0 amide bonds. The third-order valence-corrected chi connectivity index (χ3v) is 6.76. The van der Waals surface area contributed by atoms with Gasteiger partial charge in [0.05, 0.1) is 17.6 Å². The largest absolute Gasteiger partial charge is 0.338 e. The molecule has 0 spiro atoms. The molecule has 0 unspecified atom stereocenters. The minimum atomic E-state index is 0.748. The maximum absolute atomic E-state index is 4.59. The summed E-state index contributed by atoms with van der Waals surface area (Å²) in [5.74, 6) is 0.959. The molecule has 0 fully saturated rings. The Morgan fingerprint density at radius 1 is 0.935 bits per heavy atom. The van der Waals surface area contributed by atoms with Gasteiger partial charge in [-0.15, -0.1) is 11.3 Å². The van der Waals surface area contributed by atoms with Crippen LogP contribution in [0.25, 0.3) is 55.2 Å². The predicted molar refractivity (Wildman–Crippen MR) is 124 cm³/mol. The van der Waals surface area contributed by atoms with E-state index in [1.54, 1.807) is 11.3 Å². The zero-order chi connectivity index (χ0) is 21.1. The summed E-state index contributed by atoms with van der Waals surface area (Å²) in [6.45, 7) is 4.11. The number of nitrogens with zero attached hydrogens (tertiary/aromatic N) is 5. The Bertz CT molecular complexity index is 1580. The molecule has 0 atom stereocenters. The van der Waals surface area contributed by atoms with E-state index in [9.17, 15) is 0 Å². The topological polar surface area (TPSA) is 88.1 Å². The van der Waals surface area contributed by atoms with Crippen LogP contribution in [0.3, 0.4) is 0 Å². The highest BCUT2D eigenvalue weighted by molar-refractivity contribution is 7.15. The molecule has 31 heavy (non-hydrogen) atoms. The van der Waals surface area contributed by atoms with Crippen molar-refractivity contribution in [3.8, 4) is 33.1 Å². The molecule has 0 aliphatic heterocycles. The highest BCUT2D eigenvalue weighted by Crippen LogP contribution is 2.36. The number of aryl methyl sites for hydroxylation is 2. The maximum Gasteiger partial charge on any atom is 0.155 e. The van der Waals surface area contributed by atoms with E-state index in [0.29, 0.717) is 0 Å². The van der Waals surface area contributed by atoms with Gasteiger partial charge in [0.2, 0.25) is 0 Å². The number of imidazole rings is 1. The molecular weight excluding hydrogens is 406 g/mol. The Hall–Kier alpha value is -3.78. The number of rotatable bonds is 3. The molecule has 0 saturated heterocycles. The van der Waals surface area contributed by atoms with Gasteiger partial charge in [-0.05, 0) is 44.2 Å². The van der Waals surface area contributed by atoms with Crippen LogP contribution in [0.2, 0.25) is 0 Å². The third-order valence-electron chi connectivity index (χ3n) is 5.73. The molecule has 6 aromatic heterocycles. The Balaban J connectivity index is 1.52. The number of aromatic amines is 2. The number of aromatic nitrogens is 7. The molecule has 8 heteroatoms. The quantitative estimate of drug-likeness (QED) is 0.405. The number of hydrogen-bond donors (Lipinski definition) is 2. The van der Waals surface area contributed by atoms with Crippen molar-refractivity contribution in [3.05, 3.63) is 59.6 Å². The number of pyridine rings is 2. The van der Waals surface area contributed by atoms with Gasteiger partial charge in [0, 0.05) is 51.1 Å². The predicted octanol–water partition coefficient (Wildman–Crippen LogP) is 5.25. The number of thiophene rings is 1. The summed E-state index contributed by atoms with van der Waals surface area (Å²) >= 11 is 1.79. The van der Waals surface area contributed by atoms with Crippen molar-refractivity contribution in [1.82, 2.24) is 34.7 Å². The highest BCUT2D eigenvalue weighted by Gasteiger charge is 2.16. The van der Waals surface area contributed by atoms with Crippen molar-refractivity contribution < 1.29 is 0 Å². The molecule has 7 nitrogen and oxygen atoms in total. The van der Waals surface area contributed by atoms with Gasteiger partial charge in [0.1, 0.15) is 17.2 Å². The summed E-state index contributed by atoms with van der Waals surface area (Å²) in [5, 5.41) is 9.66. The van der Waals surface area contributed by atoms with Crippen LogP contribution in [0.1, 0.15) is 10.7 Å². The molecule has 2 N–H and O–H groups in total. The number of H-pyrrole nitrogens is 2. The van der Waals surface area contributed by atoms with Crippen LogP contribution < -0.4 is 0 Å². The minimum Gasteiger partial charge on any atom is -0.338 e. The van der Waals surface area contributed by atoms with Crippen molar-refractivity contribution in [1.29, 1.82) is 0 Å². The van der Waals surface area contributed by atoms with E-state index < -0.39 is 0 Å². The molecule has 0 bridgehead atoms. The molecule has 0 aliphatic rings. The molecule has 6 rings (SSSR count). The zero-order valence-corrected chi connectivity index (χ0v) is 18.1. The second-order valence-corrected chi connectivity index (χ2v) is 8.94. The van der Waals surface area contributed by atoms with Gasteiger partial charge in [0.15, 0.2) is 5.65 Å². The summed E-state index contributed by atoms with van der Waals surface area (Å²) in [4.78, 5) is 19.5. The Morgan fingerprint density at radius 2 is 1.84 bits per heavy atom. The Labute approximate surface area is 181 Å². The fourth-order valence-corrected chi connectivity index (χ4v) is 4.87. The van der Waals surface area contributed by atoms with E-state index in [1.165, 1.54) is 15.3 Å². The fourth-order valence-electron chi connectivity index (χ4n) is 3.97. The van der Waals surface area contributed by atoms with Crippen LogP contribution in [0.15, 0.2) is 48.9 Å².